The maximum Gasteiger partial charge on any atom is 0.108 e. The first-order chi connectivity index (χ1) is 3.95. The lowest BCUT2D eigenvalue weighted by Crippen LogP contribution is -2.19. The Kier molecular flexibility index (Phi) is 3.04. The van der Waals surface area contributed by atoms with E-state index in [1.165, 1.54) is 20.8 Å². The van der Waals surface area contributed by atoms with E-state index in [2.05, 4.69) is 4.94 Å². The van der Waals surface area contributed by atoms with Gasteiger partial charge in [0.05, 0.1) is 6.10 Å². The van der Waals surface area contributed by atoms with Gasteiger partial charge in [0.25, 0.3) is 0 Å². The fourth-order valence-corrected chi connectivity index (χ4v) is 0.715. The van der Waals surface area contributed by atoms with Gasteiger partial charge in [-0.2, -0.15) is 4.94 Å². The average Bonchev–Trinajstić information content (AvgIpc) is 1.62. The second-order valence-electron chi connectivity index (χ2n) is 2.82. The number of hydrogen-bond acceptors (Lipinski definition) is 1. The lowest BCUT2D eigenvalue weighted by molar-refractivity contribution is -0.182. The maximum absolute atomic E-state index is 12.6. The van der Waals surface area contributed by atoms with Crippen LogP contribution in [-0.4, -0.2) is 11.8 Å². The number of rotatable bonds is 3. The molecule has 3 heteroatoms. The van der Waals surface area contributed by atoms with Crippen LogP contribution < -0.4 is 0 Å². The molecule has 1 nitrogen and oxygen atoms in total. The molecule has 0 aromatic carbocycles. The molecule has 1 atom stereocenters. The Morgan fingerprint density at radius 3 is 2.11 bits per heavy atom. The Balaban J connectivity index is 3.47. The molecule has 0 saturated heterocycles. The topological polar surface area (TPSA) is 9.23 Å². The van der Waals surface area contributed by atoms with Crippen molar-refractivity contribution >= 4 is 0 Å². The molecular weight excluding hydrogens is 126 g/mol. The van der Waals surface area contributed by atoms with Crippen molar-refractivity contribution in [2.45, 2.75) is 39.0 Å². The Hall–Kier alpha value is -0.180. The quantitative estimate of drug-likeness (QED) is 0.582. The molecule has 0 spiro atoms. The highest BCUT2D eigenvalue weighted by molar-refractivity contribution is 4.68. The number of halogens is 2. The van der Waals surface area contributed by atoms with Gasteiger partial charge in [-0.3, -0.25) is 0 Å². The maximum atomic E-state index is 12.6. The van der Waals surface area contributed by atoms with E-state index in [9.17, 15) is 8.92 Å². The number of alkyl halides is 1. The zero-order chi connectivity index (χ0) is 7.49. The predicted molar refractivity (Wildman–Crippen MR) is 31.5 cm³/mol. The summed E-state index contributed by atoms with van der Waals surface area (Å²) in [4.78, 5) is 3.39. The summed E-state index contributed by atoms with van der Waals surface area (Å²) in [6.45, 7) is 4.27. The van der Waals surface area contributed by atoms with E-state index < -0.39 is 11.8 Å². The van der Waals surface area contributed by atoms with E-state index in [-0.39, 0.29) is 6.42 Å². The summed E-state index contributed by atoms with van der Waals surface area (Å²) < 4.78 is 23.8. The van der Waals surface area contributed by atoms with Crippen LogP contribution in [0.4, 0.5) is 8.92 Å². The predicted octanol–water partition coefficient (Wildman–Crippen LogP) is 2.41. The highest BCUT2D eigenvalue weighted by Gasteiger charge is 2.20. The summed E-state index contributed by atoms with van der Waals surface area (Å²) in [5.41, 5.74) is -1.34. The molecule has 0 amide bonds. The van der Waals surface area contributed by atoms with Crippen molar-refractivity contribution in [2.75, 3.05) is 0 Å². The molecular formula is C6H12F2O. The molecule has 0 heterocycles. The second kappa shape index (κ2) is 3.11. The first-order valence-electron chi connectivity index (χ1n) is 2.92. The summed E-state index contributed by atoms with van der Waals surface area (Å²) >= 11 is 0. The molecule has 0 bridgehead atoms. The minimum atomic E-state index is -1.34. The summed E-state index contributed by atoms with van der Waals surface area (Å²) in [5.74, 6) is 0. The van der Waals surface area contributed by atoms with Crippen molar-refractivity contribution in [1.29, 1.82) is 0 Å². The lowest BCUT2D eigenvalue weighted by atomic mass is 10.0. The second-order valence-corrected chi connectivity index (χ2v) is 2.82. The smallest absolute Gasteiger partial charge is 0.108 e. The zero-order valence-electron chi connectivity index (χ0n) is 5.95. The zero-order valence-corrected chi connectivity index (χ0v) is 5.95. The van der Waals surface area contributed by atoms with Crippen molar-refractivity contribution in [2.24, 2.45) is 0 Å². The SMILES string of the molecule is CC(CC(C)(C)F)OF. The van der Waals surface area contributed by atoms with Gasteiger partial charge in [0.15, 0.2) is 0 Å². The molecule has 56 valence electrons. The molecule has 0 radical (unpaired) electrons. The summed E-state index contributed by atoms with van der Waals surface area (Å²) in [6, 6.07) is 0. The van der Waals surface area contributed by atoms with Crippen LogP contribution in [0.2, 0.25) is 0 Å². The van der Waals surface area contributed by atoms with E-state index in [1.807, 2.05) is 0 Å². The first-order valence-corrected chi connectivity index (χ1v) is 2.92. The van der Waals surface area contributed by atoms with E-state index in [1.54, 1.807) is 0 Å². The number of hydrogen-bond donors (Lipinski definition) is 0. The van der Waals surface area contributed by atoms with Gasteiger partial charge < -0.3 is 0 Å². The van der Waals surface area contributed by atoms with Crippen LogP contribution in [-0.2, 0) is 4.94 Å². The molecule has 0 saturated carbocycles. The van der Waals surface area contributed by atoms with Crippen LogP contribution in [0.25, 0.3) is 0 Å². The molecule has 0 aliphatic rings. The summed E-state index contributed by atoms with van der Waals surface area (Å²) in [5, 5.41) is 0. The van der Waals surface area contributed by atoms with Crippen molar-refractivity contribution < 1.29 is 13.9 Å². The monoisotopic (exact) mass is 138 g/mol. The van der Waals surface area contributed by atoms with Crippen molar-refractivity contribution in [3.8, 4) is 0 Å². The third kappa shape index (κ3) is 5.69. The molecule has 0 rings (SSSR count). The molecule has 0 aromatic heterocycles. The molecule has 0 aromatic rings. The fourth-order valence-electron chi connectivity index (χ4n) is 0.715. The van der Waals surface area contributed by atoms with Crippen molar-refractivity contribution in [3.05, 3.63) is 0 Å². The Bertz CT molecular complexity index is 77.6. The van der Waals surface area contributed by atoms with Gasteiger partial charge in [0, 0.05) is 6.42 Å². The van der Waals surface area contributed by atoms with E-state index >= 15 is 0 Å². The Morgan fingerprint density at radius 2 is 2.00 bits per heavy atom. The van der Waals surface area contributed by atoms with Crippen LogP contribution in [0.3, 0.4) is 0 Å². The Morgan fingerprint density at radius 1 is 1.56 bits per heavy atom. The highest BCUT2D eigenvalue weighted by atomic mass is 19.3. The normalized spacial score (nSPS) is 15.7. The Labute approximate surface area is 53.9 Å². The van der Waals surface area contributed by atoms with Crippen molar-refractivity contribution in [1.82, 2.24) is 0 Å². The van der Waals surface area contributed by atoms with Crippen LogP contribution in [0.5, 0.6) is 0 Å². The molecule has 0 aliphatic carbocycles. The van der Waals surface area contributed by atoms with E-state index in [0.29, 0.717) is 0 Å². The first kappa shape index (κ1) is 8.82. The van der Waals surface area contributed by atoms with Gasteiger partial charge in [-0.1, -0.05) is 0 Å². The standard InChI is InChI=1S/C6H12F2O/c1-5(9-8)4-6(2,3)7/h5H,4H2,1-3H3. The third-order valence-corrected chi connectivity index (χ3v) is 0.925. The largest absolute Gasteiger partial charge is 0.244 e. The van der Waals surface area contributed by atoms with E-state index in [4.69, 9.17) is 0 Å². The van der Waals surface area contributed by atoms with Gasteiger partial charge >= 0.3 is 0 Å². The average molecular weight is 138 g/mol. The molecule has 0 fully saturated rings. The van der Waals surface area contributed by atoms with Crippen LogP contribution >= 0.6 is 0 Å². The van der Waals surface area contributed by atoms with Gasteiger partial charge in [-0.25, -0.2) is 4.39 Å². The van der Waals surface area contributed by atoms with Crippen LogP contribution in [0.1, 0.15) is 27.2 Å². The lowest BCUT2D eigenvalue weighted by Gasteiger charge is -2.15. The molecule has 1 unspecified atom stereocenters. The fraction of sp³-hybridized carbons (Fsp3) is 1.00. The van der Waals surface area contributed by atoms with Crippen molar-refractivity contribution in [3.63, 3.8) is 0 Å². The van der Waals surface area contributed by atoms with Crippen LogP contribution in [0.15, 0.2) is 0 Å². The molecule has 9 heavy (non-hydrogen) atoms. The minimum Gasteiger partial charge on any atom is -0.244 e. The highest BCUT2D eigenvalue weighted by Crippen LogP contribution is 2.17. The van der Waals surface area contributed by atoms with Gasteiger partial charge in [-0.15, -0.1) is 0 Å². The van der Waals surface area contributed by atoms with Gasteiger partial charge in [-0.05, 0) is 25.3 Å². The van der Waals surface area contributed by atoms with E-state index in [0.717, 1.165) is 0 Å². The van der Waals surface area contributed by atoms with Gasteiger partial charge in [0.1, 0.15) is 5.67 Å². The summed E-state index contributed by atoms with van der Waals surface area (Å²) in [6.07, 6.45) is -0.561. The molecule has 0 N–H and O–H groups in total. The van der Waals surface area contributed by atoms with Gasteiger partial charge in [0.2, 0.25) is 0 Å². The molecule has 0 aliphatic heterocycles. The van der Waals surface area contributed by atoms with Crippen LogP contribution in [0, 0.1) is 0 Å². The third-order valence-electron chi connectivity index (χ3n) is 0.925. The minimum absolute atomic E-state index is 0.0868. The summed E-state index contributed by atoms with van der Waals surface area (Å²) in [7, 11) is 0.